The summed E-state index contributed by atoms with van der Waals surface area (Å²) in [5, 5.41) is 18.3. The van der Waals surface area contributed by atoms with Crippen molar-refractivity contribution in [3.8, 4) is 0 Å². The summed E-state index contributed by atoms with van der Waals surface area (Å²) in [4.78, 5) is 22.4. The van der Waals surface area contributed by atoms with E-state index in [1.54, 1.807) is 0 Å². The van der Waals surface area contributed by atoms with Crippen LogP contribution in [0.2, 0.25) is 0 Å². The van der Waals surface area contributed by atoms with Gasteiger partial charge in [0.25, 0.3) is 0 Å². The number of hydrogen-bond donors (Lipinski definition) is 3. The van der Waals surface area contributed by atoms with E-state index >= 15 is 0 Å². The molecule has 0 heterocycles. The van der Waals surface area contributed by atoms with E-state index in [1.807, 2.05) is 0 Å². The molecule has 9 nitrogen and oxygen atoms in total. The third-order valence-corrected chi connectivity index (χ3v) is 9.28. The summed E-state index contributed by atoms with van der Waals surface area (Å²) < 4.78 is 33.1. The van der Waals surface area contributed by atoms with Crippen molar-refractivity contribution >= 4 is 13.8 Å². The first-order valence-electron chi connectivity index (χ1n) is 20.0. The van der Waals surface area contributed by atoms with Gasteiger partial charge in [-0.05, 0) is 51.4 Å². The molecule has 0 aliphatic carbocycles. The van der Waals surface area contributed by atoms with Gasteiger partial charge in [0.05, 0.1) is 26.4 Å². The molecule has 0 saturated heterocycles. The van der Waals surface area contributed by atoms with E-state index in [9.17, 15) is 19.4 Å². The first-order chi connectivity index (χ1) is 24.3. The molecule has 294 valence electrons. The Bertz CT molecular complexity index is 877. The van der Waals surface area contributed by atoms with Gasteiger partial charge in [0, 0.05) is 13.0 Å². The van der Waals surface area contributed by atoms with Crippen LogP contribution in [0.25, 0.3) is 0 Å². The predicted octanol–water partition coefficient (Wildman–Crippen LogP) is 10.5. The number of phosphoric acid groups is 1. The first-order valence-corrected chi connectivity index (χ1v) is 21.5. The largest absolute Gasteiger partial charge is 0.472 e. The SMILES string of the molecule is CCCCCCC/C=C\C/C=C\C/C=C\CCCCCCCCC(=O)OC(COCCCCCCCCCC)COP(=O)(O)OCC(O)CO. The Kier molecular flexibility index (Phi) is 36.4. The van der Waals surface area contributed by atoms with Crippen molar-refractivity contribution in [2.24, 2.45) is 0 Å². The van der Waals surface area contributed by atoms with Gasteiger partial charge in [0.15, 0.2) is 0 Å². The van der Waals surface area contributed by atoms with Crippen molar-refractivity contribution in [3.63, 3.8) is 0 Å². The number of phosphoric ester groups is 1. The normalized spacial score (nSPS) is 14.6. The van der Waals surface area contributed by atoms with Crippen LogP contribution in [-0.2, 0) is 27.9 Å². The molecule has 0 radical (unpaired) electrons. The molecule has 0 fully saturated rings. The summed E-state index contributed by atoms with van der Waals surface area (Å²) >= 11 is 0. The fraction of sp³-hybridized carbons (Fsp3) is 0.825. The lowest BCUT2D eigenvalue weighted by atomic mass is 10.1. The molecule has 0 saturated carbocycles. The molecule has 0 aliphatic rings. The number of unbranched alkanes of at least 4 members (excludes halogenated alkanes) is 18. The molecule has 3 N–H and O–H groups in total. The average Bonchev–Trinajstić information content (AvgIpc) is 3.10. The molecule has 0 bridgehead atoms. The van der Waals surface area contributed by atoms with Crippen LogP contribution in [-0.4, -0.2) is 66.3 Å². The second-order valence-electron chi connectivity index (χ2n) is 13.3. The van der Waals surface area contributed by atoms with Crippen LogP contribution < -0.4 is 0 Å². The highest BCUT2D eigenvalue weighted by Gasteiger charge is 2.26. The Morgan fingerprint density at radius 3 is 1.62 bits per heavy atom. The molecule has 0 aromatic carbocycles. The number of hydrogen-bond acceptors (Lipinski definition) is 8. The number of esters is 1. The lowest BCUT2D eigenvalue weighted by molar-refractivity contribution is -0.154. The van der Waals surface area contributed by atoms with Crippen LogP contribution >= 0.6 is 7.82 Å². The van der Waals surface area contributed by atoms with Crippen LogP contribution in [0.5, 0.6) is 0 Å². The van der Waals surface area contributed by atoms with Crippen molar-refractivity contribution in [1.29, 1.82) is 0 Å². The second kappa shape index (κ2) is 37.4. The molecule has 0 aliphatic heterocycles. The van der Waals surface area contributed by atoms with Crippen LogP contribution in [0.15, 0.2) is 36.5 Å². The number of aliphatic hydroxyl groups is 2. The van der Waals surface area contributed by atoms with Gasteiger partial charge in [-0.2, -0.15) is 0 Å². The molecule has 3 atom stereocenters. The molecular formula is C40H75O9P. The Morgan fingerprint density at radius 1 is 0.620 bits per heavy atom. The lowest BCUT2D eigenvalue weighted by Crippen LogP contribution is -2.29. The zero-order valence-electron chi connectivity index (χ0n) is 31.9. The summed E-state index contributed by atoms with van der Waals surface area (Å²) in [6.45, 7) is 3.46. The summed E-state index contributed by atoms with van der Waals surface area (Å²) in [5.41, 5.74) is 0. The standard InChI is InChI=1S/C40H75O9P/c1-3-5-7-9-11-13-14-15-16-17-18-19-20-21-22-23-24-25-26-28-30-32-40(43)49-39(37-48-50(44,45)47-35-38(42)34-41)36-46-33-31-29-27-12-10-8-6-4-2/h14-15,17-18,20-21,38-39,41-42H,3-13,16,19,22-37H2,1-2H3,(H,44,45)/b15-14-,18-17-,21-20-. The van der Waals surface area contributed by atoms with Gasteiger partial charge < -0.3 is 24.6 Å². The number of ether oxygens (including phenoxy) is 2. The van der Waals surface area contributed by atoms with Gasteiger partial charge in [-0.15, -0.1) is 0 Å². The zero-order chi connectivity index (χ0) is 36.8. The van der Waals surface area contributed by atoms with Gasteiger partial charge in [-0.1, -0.05) is 147 Å². The summed E-state index contributed by atoms with van der Waals surface area (Å²) in [6, 6.07) is 0. The third kappa shape index (κ3) is 36.5. The van der Waals surface area contributed by atoms with E-state index in [2.05, 4.69) is 50.3 Å². The Hall–Kier alpha value is -1.32. The van der Waals surface area contributed by atoms with Crippen molar-refractivity contribution < 1.29 is 43.0 Å². The smallest absolute Gasteiger partial charge is 0.457 e. The minimum Gasteiger partial charge on any atom is -0.457 e. The third-order valence-electron chi connectivity index (χ3n) is 8.33. The highest BCUT2D eigenvalue weighted by atomic mass is 31.2. The molecule has 10 heteroatoms. The van der Waals surface area contributed by atoms with Crippen LogP contribution in [0.4, 0.5) is 0 Å². The molecule has 0 spiro atoms. The fourth-order valence-corrected chi connectivity index (χ4v) is 6.03. The molecule has 0 aromatic heterocycles. The number of aliphatic hydroxyl groups excluding tert-OH is 2. The molecule has 0 rings (SSSR count). The molecule has 0 amide bonds. The predicted molar refractivity (Wildman–Crippen MR) is 205 cm³/mol. The van der Waals surface area contributed by atoms with Crippen LogP contribution in [0, 0.1) is 0 Å². The highest BCUT2D eigenvalue weighted by Crippen LogP contribution is 2.43. The summed E-state index contributed by atoms with van der Waals surface area (Å²) in [6.07, 6.45) is 38.2. The van der Waals surface area contributed by atoms with Crippen LogP contribution in [0.3, 0.4) is 0 Å². The minimum absolute atomic E-state index is 0.0445. The topological polar surface area (TPSA) is 132 Å². The number of carbonyl (C=O) groups excluding carboxylic acids is 1. The van der Waals surface area contributed by atoms with E-state index in [0.717, 1.165) is 57.8 Å². The van der Waals surface area contributed by atoms with E-state index in [-0.39, 0.29) is 19.6 Å². The number of allylic oxidation sites excluding steroid dienone is 6. The maximum Gasteiger partial charge on any atom is 0.472 e. The van der Waals surface area contributed by atoms with Crippen molar-refractivity contribution in [2.75, 3.05) is 33.0 Å². The van der Waals surface area contributed by atoms with E-state index in [0.29, 0.717) is 13.0 Å². The molecule has 50 heavy (non-hydrogen) atoms. The Balaban J connectivity index is 4.14. The monoisotopic (exact) mass is 731 g/mol. The van der Waals surface area contributed by atoms with E-state index < -0.39 is 39.2 Å². The van der Waals surface area contributed by atoms with Gasteiger partial charge in [0.1, 0.15) is 12.2 Å². The molecular weight excluding hydrogens is 655 g/mol. The zero-order valence-corrected chi connectivity index (χ0v) is 32.8. The van der Waals surface area contributed by atoms with Gasteiger partial charge in [0.2, 0.25) is 0 Å². The number of carbonyl (C=O) groups is 1. The van der Waals surface area contributed by atoms with Crippen molar-refractivity contribution in [3.05, 3.63) is 36.5 Å². The van der Waals surface area contributed by atoms with E-state index in [4.69, 9.17) is 23.6 Å². The molecule has 0 aromatic rings. The highest BCUT2D eigenvalue weighted by molar-refractivity contribution is 7.47. The molecule has 3 unspecified atom stereocenters. The van der Waals surface area contributed by atoms with Gasteiger partial charge in [-0.3, -0.25) is 13.8 Å². The Labute approximate surface area is 305 Å². The minimum atomic E-state index is -4.51. The maximum absolute atomic E-state index is 12.5. The average molecular weight is 731 g/mol. The van der Waals surface area contributed by atoms with Crippen molar-refractivity contribution in [1.82, 2.24) is 0 Å². The van der Waals surface area contributed by atoms with Gasteiger partial charge >= 0.3 is 13.8 Å². The van der Waals surface area contributed by atoms with E-state index in [1.165, 1.54) is 83.5 Å². The number of rotatable bonds is 38. The second-order valence-corrected chi connectivity index (χ2v) is 14.8. The maximum atomic E-state index is 12.5. The lowest BCUT2D eigenvalue weighted by Gasteiger charge is -2.20. The summed E-state index contributed by atoms with van der Waals surface area (Å²) in [5.74, 6) is -0.397. The van der Waals surface area contributed by atoms with Crippen molar-refractivity contribution in [2.45, 2.75) is 180 Å². The fourth-order valence-electron chi connectivity index (χ4n) is 5.24. The Morgan fingerprint density at radius 2 is 1.08 bits per heavy atom. The van der Waals surface area contributed by atoms with Gasteiger partial charge in [-0.25, -0.2) is 4.57 Å². The van der Waals surface area contributed by atoms with Crippen LogP contribution in [0.1, 0.15) is 168 Å². The summed E-state index contributed by atoms with van der Waals surface area (Å²) in [7, 11) is -4.51. The quantitative estimate of drug-likeness (QED) is 0.0246. The first kappa shape index (κ1) is 48.7.